The van der Waals surface area contributed by atoms with Crippen LogP contribution in [0.4, 0.5) is 0 Å². The van der Waals surface area contributed by atoms with Gasteiger partial charge in [0, 0.05) is 19.3 Å². The summed E-state index contributed by atoms with van der Waals surface area (Å²) in [6, 6.07) is 0. The molecule has 0 N–H and O–H groups in total. The maximum Gasteiger partial charge on any atom is 0.306 e. The summed E-state index contributed by atoms with van der Waals surface area (Å²) in [5.74, 6) is -1.15. The number of hydrogen-bond donors (Lipinski definition) is 0. The van der Waals surface area contributed by atoms with Crippen LogP contribution in [-0.4, -0.2) is 37.2 Å². The summed E-state index contributed by atoms with van der Waals surface area (Å²) in [5, 5.41) is 0. The average molecular weight is 785 g/mol. The molecule has 0 aromatic heterocycles. The maximum atomic E-state index is 12.7. The van der Waals surface area contributed by atoms with E-state index in [0.717, 1.165) is 51.4 Å². The molecule has 6 nitrogen and oxygen atoms in total. The second-order valence-electron chi connectivity index (χ2n) is 13.7. The quantitative estimate of drug-likeness (QED) is 0.0207. The molecule has 0 heterocycles. The predicted octanol–water partition coefficient (Wildman–Crippen LogP) is 14.0. The fourth-order valence-electron chi connectivity index (χ4n) is 5.12. The lowest BCUT2D eigenvalue weighted by Gasteiger charge is -2.18. The molecule has 0 aliphatic carbocycles. The van der Waals surface area contributed by atoms with Gasteiger partial charge in [0.05, 0.1) is 0 Å². The summed E-state index contributed by atoms with van der Waals surface area (Å²) < 4.78 is 16.5. The molecule has 1 atom stereocenters. The first-order chi connectivity index (χ1) is 28.0. The van der Waals surface area contributed by atoms with Crippen molar-refractivity contribution in [1.82, 2.24) is 0 Å². The van der Waals surface area contributed by atoms with Crippen molar-refractivity contribution in [3.8, 4) is 0 Å². The maximum absolute atomic E-state index is 12.7. The summed E-state index contributed by atoms with van der Waals surface area (Å²) in [6.45, 7) is 6.14. The van der Waals surface area contributed by atoms with Crippen molar-refractivity contribution in [3.63, 3.8) is 0 Å². The van der Waals surface area contributed by atoms with Crippen molar-refractivity contribution in [2.45, 2.75) is 155 Å². The number of hydrogen-bond acceptors (Lipinski definition) is 6. The van der Waals surface area contributed by atoms with Gasteiger partial charge in [0.2, 0.25) is 0 Å². The molecule has 0 saturated carbocycles. The highest BCUT2D eigenvalue weighted by Crippen LogP contribution is 2.10. The lowest BCUT2D eigenvalue weighted by atomic mass is 10.1. The number of allylic oxidation sites excluding steroid dienone is 22. The van der Waals surface area contributed by atoms with Crippen molar-refractivity contribution in [1.29, 1.82) is 0 Å². The third-order valence-electron chi connectivity index (χ3n) is 8.36. The molecule has 0 bridgehead atoms. The highest BCUT2D eigenvalue weighted by Gasteiger charge is 2.19. The Balaban J connectivity index is 4.68. The number of rotatable bonds is 36. The molecule has 316 valence electrons. The number of unbranched alkanes of at least 4 members (excludes halogenated alkanes) is 10. The molecular formula is C51H76O6. The van der Waals surface area contributed by atoms with Gasteiger partial charge in [0.25, 0.3) is 0 Å². The molecule has 0 rings (SSSR count). The van der Waals surface area contributed by atoms with Crippen LogP contribution in [0.1, 0.15) is 149 Å². The van der Waals surface area contributed by atoms with Gasteiger partial charge < -0.3 is 14.2 Å². The van der Waals surface area contributed by atoms with E-state index in [1.165, 1.54) is 38.5 Å². The van der Waals surface area contributed by atoms with Crippen molar-refractivity contribution in [2.75, 3.05) is 13.2 Å². The third kappa shape index (κ3) is 42.5. The first-order valence-electron chi connectivity index (χ1n) is 21.8. The van der Waals surface area contributed by atoms with Gasteiger partial charge in [-0.2, -0.15) is 0 Å². The summed E-state index contributed by atoms with van der Waals surface area (Å²) in [4.78, 5) is 37.6. The molecule has 0 amide bonds. The second-order valence-corrected chi connectivity index (χ2v) is 13.7. The van der Waals surface area contributed by atoms with Crippen LogP contribution >= 0.6 is 0 Å². The van der Waals surface area contributed by atoms with Crippen LogP contribution in [0.2, 0.25) is 0 Å². The van der Waals surface area contributed by atoms with Gasteiger partial charge in [0.15, 0.2) is 6.10 Å². The van der Waals surface area contributed by atoms with Gasteiger partial charge >= 0.3 is 17.9 Å². The van der Waals surface area contributed by atoms with Gasteiger partial charge in [-0.05, 0) is 70.6 Å². The summed E-state index contributed by atoms with van der Waals surface area (Å²) in [6.07, 6.45) is 61.7. The van der Waals surface area contributed by atoms with E-state index in [-0.39, 0.29) is 50.4 Å². The van der Waals surface area contributed by atoms with Crippen molar-refractivity contribution in [2.24, 2.45) is 0 Å². The third-order valence-corrected chi connectivity index (χ3v) is 8.36. The SMILES string of the molecule is CC/C=C/C=C/C=C/C=C/C=C/CCCC(=O)OCC(COC(=O)CC/C=C/C/C=C/CCCCCCCC)OC(=O)CCCCC/C=C/C=C/C=C/C=C/CC. The molecular weight excluding hydrogens is 709 g/mol. The van der Waals surface area contributed by atoms with Crippen LogP contribution in [0.5, 0.6) is 0 Å². The molecule has 0 aliphatic rings. The van der Waals surface area contributed by atoms with Crippen LogP contribution in [0.3, 0.4) is 0 Å². The molecule has 0 spiro atoms. The number of esters is 3. The fraction of sp³-hybridized carbons (Fsp3) is 0.510. The van der Waals surface area contributed by atoms with Crippen LogP contribution in [0.15, 0.2) is 134 Å². The average Bonchev–Trinajstić information content (AvgIpc) is 3.21. The van der Waals surface area contributed by atoms with E-state index in [2.05, 4.69) is 57.2 Å². The van der Waals surface area contributed by atoms with Gasteiger partial charge in [-0.25, -0.2) is 0 Å². The number of carbonyl (C=O) groups is 3. The number of carbonyl (C=O) groups excluding carboxylic acids is 3. The van der Waals surface area contributed by atoms with E-state index >= 15 is 0 Å². The molecule has 57 heavy (non-hydrogen) atoms. The van der Waals surface area contributed by atoms with Crippen molar-refractivity contribution < 1.29 is 28.6 Å². The molecule has 0 aromatic rings. The fourth-order valence-corrected chi connectivity index (χ4v) is 5.12. The lowest BCUT2D eigenvalue weighted by molar-refractivity contribution is -0.166. The van der Waals surface area contributed by atoms with E-state index in [0.29, 0.717) is 19.3 Å². The zero-order valence-corrected chi connectivity index (χ0v) is 35.8. The highest BCUT2D eigenvalue weighted by atomic mass is 16.6. The van der Waals surface area contributed by atoms with Crippen LogP contribution < -0.4 is 0 Å². The molecule has 0 saturated heterocycles. The van der Waals surface area contributed by atoms with E-state index in [1.807, 2.05) is 97.2 Å². The van der Waals surface area contributed by atoms with Crippen molar-refractivity contribution >= 4 is 17.9 Å². The molecule has 0 fully saturated rings. The van der Waals surface area contributed by atoms with Crippen molar-refractivity contribution in [3.05, 3.63) is 134 Å². The van der Waals surface area contributed by atoms with Crippen LogP contribution in [0.25, 0.3) is 0 Å². The van der Waals surface area contributed by atoms with Gasteiger partial charge in [-0.1, -0.05) is 193 Å². The Morgan fingerprint density at radius 3 is 1.37 bits per heavy atom. The van der Waals surface area contributed by atoms with E-state index in [9.17, 15) is 14.4 Å². The minimum atomic E-state index is -0.852. The Kier molecular flexibility index (Phi) is 40.8. The predicted molar refractivity (Wildman–Crippen MR) is 242 cm³/mol. The molecule has 0 aromatic carbocycles. The first-order valence-corrected chi connectivity index (χ1v) is 21.8. The topological polar surface area (TPSA) is 78.9 Å². The van der Waals surface area contributed by atoms with Gasteiger partial charge in [-0.15, -0.1) is 0 Å². The number of ether oxygens (including phenoxy) is 3. The van der Waals surface area contributed by atoms with Crippen LogP contribution in [0, 0.1) is 0 Å². The minimum Gasteiger partial charge on any atom is -0.462 e. The lowest BCUT2D eigenvalue weighted by Crippen LogP contribution is -2.30. The first kappa shape index (κ1) is 52.6. The van der Waals surface area contributed by atoms with Crippen LogP contribution in [-0.2, 0) is 28.6 Å². The standard InChI is InChI=1S/C51H76O6/c1-4-7-10-13-16-19-22-25-28-31-34-37-40-43-49(52)55-46-48(57-51(54)45-42-39-36-33-30-27-24-21-18-15-12-9-6-3)47-56-50(53)44-41-38-35-32-29-26-23-20-17-14-11-8-5-2/h7,9-10,12-13,15-16,18-19,21-22,24-31,34-35,38,48H,4-6,8,11,14,17,20,23,32-33,36-37,39-47H2,1-3H3/b10-7+,12-9+,16-13+,18-15+,22-19+,24-21+,28-25+,29-26+,30-27+,34-31+,38-35+. The Bertz CT molecular complexity index is 1320. The second kappa shape index (κ2) is 44.3. The Morgan fingerprint density at radius 1 is 0.386 bits per heavy atom. The largest absolute Gasteiger partial charge is 0.462 e. The van der Waals surface area contributed by atoms with E-state index in [1.54, 1.807) is 0 Å². The molecule has 6 heteroatoms. The Hall–Kier alpha value is -4.45. The van der Waals surface area contributed by atoms with E-state index < -0.39 is 6.10 Å². The molecule has 0 aliphatic heterocycles. The Morgan fingerprint density at radius 2 is 0.807 bits per heavy atom. The summed E-state index contributed by atoms with van der Waals surface area (Å²) in [5.41, 5.74) is 0. The monoisotopic (exact) mass is 785 g/mol. The zero-order valence-electron chi connectivity index (χ0n) is 35.8. The zero-order chi connectivity index (χ0) is 41.5. The van der Waals surface area contributed by atoms with E-state index in [4.69, 9.17) is 14.2 Å². The van der Waals surface area contributed by atoms with Gasteiger partial charge in [0.1, 0.15) is 13.2 Å². The Labute approximate surface area is 347 Å². The normalized spacial score (nSPS) is 13.4. The summed E-state index contributed by atoms with van der Waals surface area (Å²) in [7, 11) is 0. The minimum absolute atomic E-state index is 0.153. The highest BCUT2D eigenvalue weighted by molar-refractivity contribution is 5.71. The molecule has 1 unspecified atom stereocenters. The summed E-state index contributed by atoms with van der Waals surface area (Å²) >= 11 is 0. The van der Waals surface area contributed by atoms with Gasteiger partial charge in [-0.3, -0.25) is 14.4 Å². The molecule has 0 radical (unpaired) electrons. The smallest absolute Gasteiger partial charge is 0.306 e.